The number of hydrogen-bond acceptors (Lipinski definition) is 5. The highest BCUT2D eigenvalue weighted by Crippen LogP contribution is 2.19. The van der Waals surface area contributed by atoms with Crippen LogP contribution in [0, 0.1) is 11.8 Å². The summed E-state index contributed by atoms with van der Waals surface area (Å²) in [6, 6.07) is 17.0. The lowest BCUT2D eigenvalue weighted by molar-refractivity contribution is 0.0698. The fourth-order valence-corrected chi connectivity index (χ4v) is 2.90. The number of pyridine rings is 1. The molecule has 2 aromatic heterocycles. The molecule has 0 saturated carbocycles. The van der Waals surface area contributed by atoms with Crippen molar-refractivity contribution in [1.82, 2.24) is 15.0 Å². The summed E-state index contributed by atoms with van der Waals surface area (Å²) in [5.74, 6) is 5.14. The molecule has 2 aromatic carbocycles. The average Bonchev–Trinajstić information content (AvgIpc) is 3.20. The van der Waals surface area contributed by atoms with Crippen molar-refractivity contribution < 1.29 is 19.4 Å². The van der Waals surface area contributed by atoms with Gasteiger partial charge in [0.2, 0.25) is 5.95 Å². The third-order valence-corrected chi connectivity index (χ3v) is 4.36. The van der Waals surface area contributed by atoms with E-state index in [1.54, 1.807) is 43.5 Å². The van der Waals surface area contributed by atoms with E-state index in [0.717, 1.165) is 5.56 Å². The Morgan fingerprint density at radius 3 is 2.65 bits per heavy atom. The van der Waals surface area contributed by atoms with Gasteiger partial charge in [0.1, 0.15) is 22.7 Å². The van der Waals surface area contributed by atoms with E-state index < -0.39 is 11.9 Å². The number of carbonyl (C=O) groups is 2. The molecule has 8 heteroatoms. The van der Waals surface area contributed by atoms with Crippen LogP contribution in [-0.4, -0.2) is 39.0 Å². The number of nitrogens with zero attached hydrogens (tertiary/aromatic N) is 2. The van der Waals surface area contributed by atoms with Gasteiger partial charge >= 0.3 is 5.97 Å². The Morgan fingerprint density at radius 1 is 1.03 bits per heavy atom. The number of rotatable bonds is 4. The number of H-pyrrole nitrogens is 1. The summed E-state index contributed by atoms with van der Waals surface area (Å²) >= 11 is 0. The van der Waals surface area contributed by atoms with Crippen molar-refractivity contribution in [2.45, 2.75) is 0 Å². The molecule has 4 rings (SSSR count). The van der Waals surface area contributed by atoms with Crippen LogP contribution in [-0.2, 0) is 0 Å². The minimum Gasteiger partial charge on any atom is -0.497 e. The van der Waals surface area contributed by atoms with Gasteiger partial charge in [-0.1, -0.05) is 24.1 Å². The van der Waals surface area contributed by atoms with Gasteiger partial charge in [-0.05, 0) is 48.4 Å². The van der Waals surface area contributed by atoms with Crippen molar-refractivity contribution in [3.63, 3.8) is 0 Å². The van der Waals surface area contributed by atoms with Crippen molar-refractivity contribution in [2.24, 2.45) is 0 Å². The number of methoxy groups -OCH3 is 1. The standard InChI is InChI=1S/C23H16N4O4/c1-31-16-7-2-5-14(13-16)11-12-15-6-3-10-19(24-15)21(28)27-23-25-18-9-4-8-17(22(29)30)20(18)26-23/h2-10,13H,1H3,(H,29,30)(H2,25,26,27,28). The number of carboxylic acid groups (broad SMARTS) is 1. The molecule has 0 aliphatic carbocycles. The Morgan fingerprint density at radius 2 is 1.84 bits per heavy atom. The quantitative estimate of drug-likeness (QED) is 0.443. The number of carbonyl (C=O) groups excluding carboxylic acids is 1. The maximum atomic E-state index is 12.6. The van der Waals surface area contributed by atoms with Gasteiger partial charge in [-0.15, -0.1) is 0 Å². The summed E-state index contributed by atoms with van der Waals surface area (Å²) in [6.07, 6.45) is 0. The molecular weight excluding hydrogens is 396 g/mol. The minimum atomic E-state index is -1.10. The van der Waals surface area contributed by atoms with Crippen molar-refractivity contribution in [1.29, 1.82) is 0 Å². The van der Waals surface area contributed by atoms with Crippen LogP contribution >= 0.6 is 0 Å². The van der Waals surface area contributed by atoms with Gasteiger partial charge < -0.3 is 14.8 Å². The highest BCUT2D eigenvalue weighted by Gasteiger charge is 2.15. The first-order valence-corrected chi connectivity index (χ1v) is 9.20. The first-order chi connectivity index (χ1) is 15.0. The second-order valence-electron chi connectivity index (χ2n) is 6.44. The number of benzene rings is 2. The predicted octanol–water partition coefficient (Wildman–Crippen LogP) is 3.32. The van der Waals surface area contributed by atoms with Crippen LogP contribution in [0.5, 0.6) is 5.75 Å². The molecule has 0 fully saturated rings. The van der Waals surface area contributed by atoms with E-state index in [9.17, 15) is 14.7 Å². The summed E-state index contributed by atoms with van der Waals surface area (Å²) in [4.78, 5) is 35.3. The molecule has 0 aliphatic heterocycles. The number of hydrogen-bond donors (Lipinski definition) is 3. The number of aromatic amines is 1. The number of carboxylic acids is 1. The summed E-state index contributed by atoms with van der Waals surface area (Å²) < 4.78 is 5.18. The van der Waals surface area contributed by atoms with Crippen molar-refractivity contribution in [2.75, 3.05) is 12.4 Å². The molecule has 4 aromatic rings. The lowest BCUT2D eigenvalue weighted by atomic mass is 10.2. The molecule has 152 valence electrons. The average molecular weight is 412 g/mol. The van der Waals surface area contributed by atoms with E-state index in [1.165, 1.54) is 6.07 Å². The fourth-order valence-electron chi connectivity index (χ4n) is 2.90. The first kappa shape index (κ1) is 19.7. The molecule has 31 heavy (non-hydrogen) atoms. The number of amides is 1. The molecule has 1 amide bonds. The smallest absolute Gasteiger partial charge is 0.337 e. The number of fused-ring (bicyclic) bond motifs is 1. The van der Waals surface area contributed by atoms with Crippen LogP contribution in [0.25, 0.3) is 11.0 Å². The summed E-state index contributed by atoms with van der Waals surface area (Å²) in [5, 5.41) is 11.9. The topological polar surface area (TPSA) is 117 Å². The predicted molar refractivity (Wildman–Crippen MR) is 114 cm³/mol. The van der Waals surface area contributed by atoms with Crippen LogP contribution in [0.2, 0.25) is 0 Å². The Hall–Kier alpha value is -4.64. The van der Waals surface area contributed by atoms with E-state index in [4.69, 9.17) is 4.74 Å². The van der Waals surface area contributed by atoms with Gasteiger partial charge in [-0.3, -0.25) is 10.1 Å². The van der Waals surface area contributed by atoms with Crippen LogP contribution in [0.4, 0.5) is 5.95 Å². The molecule has 0 bridgehead atoms. The molecule has 0 spiro atoms. The number of nitrogens with one attached hydrogen (secondary N) is 2. The number of anilines is 1. The highest BCUT2D eigenvalue weighted by atomic mass is 16.5. The van der Waals surface area contributed by atoms with Gasteiger partial charge in [0, 0.05) is 5.56 Å². The van der Waals surface area contributed by atoms with E-state index >= 15 is 0 Å². The first-order valence-electron chi connectivity index (χ1n) is 9.20. The zero-order valence-corrected chi connectivity index (χ0v) is 16.3. The number of aromatic carboxylic acids is 1. The van der Waals surface area contributed by atoms with Crippen molar-refractivity contribution in [3.8, 4) is 17.6 Å². The van der Waals surface area contributed by atoms with Gasteiger partial charge in [-0.2, -0.15) is 0 Å². The van der Waals surface area contributed by atoms with Crippen LogP contribution in [0.3, 0.4) is 0 Å². The third kappa shape index (κ3) is 4.36. The van der Waals surface area contributed by atoms with Crippen molar-refractivity contribution >= 4 is 28.9 Å². The fraction of sp³-hybridized carbons (Fsp3) is 0.0435. The molecule has 2 heterocycles. The van der Waals surface area contributed by atoms with E-state index in [0.29, 0.717) is 17.0 Å². The highest BCUT2D eigenvalue weighted by molar-refractivity contribution is 6.04. The largest absolute Gasteiger partial charge is 0.497 e. The lowest BCUT2D eigenvalue weighted by Crippen LogP contribution is -2.15. The van der Waals surface area contributed by atoms with E-state index in [1.807, 2.05) is 18.2 Å². The number of aromatic nitrogens is 3. The molecule has 0 radical (unpaired) electrons. The SMILES string of the molecule is COc1cccc(C#Cc2cccc(C(=O)Nc3nc4c(C(=O)O)cccc4[nH]3)n2)c1. The van der Waals surface area contributed by atoms with Crippen LogP contribution in [0.15, 0.2) is 60.7 Å². The van der Waals surface area contributed by atoms with Gasteiger partial charge in [0.05, 0.1) is 18.2 Å². The third-order valence-electron chi connectivity index (χ3n) is 4.36. The lowest BCUT2D eigenvalue weighted by Gasteiger charge is -2.01. The molecule has 0 atom stereocenters. The maximum Gasteiger partial charge on any atom is 0.337 e. The summed E-state index contributed by atoms with van der Waals surface area (Å²) in [5.41, 5.74) is 2.14. The Labute approximate surface area is 176 Å². The molecule has 8 nitrogen and oxygen atoms in total. The minimum absolute atomic E-state index is 0.0437. The molecule has 0 saturated heterocycles. The van der Waals surface area contributed by atoms with Gasteiger partial charge in [0.15, 0.2) is 0 Å². The molecule has 0 aliphatic rings. The summed E-state index contributed by atoms with van der Waals surface area (Å²) in [7, 11) is 1.58. The monoisotopic (exact) mass is 412 g/mol. The Kier molecular flexibility index (Phi) is 5.32. The Balaban J connectivity index is 1.55. The number of para-hydroxylation sites is 1. The maximum absolute atomic E-state index is 12.6. The molecule has 3 N–H and O–H groups in total. The van der Waals surface area contributed by atoms with Crippen LogP contribution < -0.4 is 10.1 Å². The molecule has 0 unspecified atom stereocenters. The number of imidazole rings is 1. The van der Waals surface area contributed by atoms with Crippen molar-refractivity contribution in [3.05, 3.63) is 83.2 Å². The second kappa shape index (κ2) is 8.39. The second-order valence-corrected chi connectivity index (χ2v) is 6.44. The van der Waals surface area contributed by atoms with Crippen LogP contribution in [0.1, 0.15) is 32.1 Å². The van der Waals surface area contributed by atoms with E-state index in [-0.39, 0.29) is 22.7 Å². The van der Waals surface area contributed by atoms with E-state index in [2.05, 4.69) is 32.1 Å². The number of ether oxygens (including phenoxy) is 1. The zero-order chi connectivity index (χ0) is 21.8. The Bertz CT molecular complexity index is 1360. The summed E-state index contributed by atoms with van der Waals surface area (Å²) in [6.45, 7) is 0. The zero-order valence-electron chi connectivity index (χ0n) is 16.3. The molecular formula is C23H16N4O4. The van der Waals surface area contributed by atoms with Gasteiger partial charge in [0.25, 0.3) is 5.91 Å². The normalized spacial score (nSPS) is 10.2. The van der Waals surface area contributed by atoms with Gasteiger partial charge in [-0.25, -0.2) is 14.8 Å².